The van der Waals surface area contributed by atoms with Gasteiger partial charge in [0.05, 0.1) is 5.56 Å². The summed E-state index contributed by atoms with van der Waals surface area (Å²) >= 11 is 0. The minimum Gasteiger partial charge on any atom is -0.405 e. The molecule has 0 aliphatic rings. The first-order valence-corrected chi connectivity index (χ1v) is 10.2. The van der Waals surface area contributed by atoms with Gasteiger partial charge in [0.1, 0.15) is 5.82 Å². The zero-order chi connectivity index (χ0) is 22.2. The summed E-state index contributed by atoms with van der Waals surface area (Å²) in [5.41, 5.74) is 9.04. The van der Waals surface area contributed by atoms with Crippen LogP contribution in [-0.4, -0.2) is 17.4 Å². The van der Waals surface area contributed by atoms with E-state index < -0.39 is 0 Å². The van der Waals surface area contributed by atoms with Crippen molar-refractivity contribution in [3.63, 3.8) is 0 Å². The fourth-order valence-corrected chi connectivity index (χ4v) is 3.25. The van der Waals surface area contributed by atoms with Gasteiger partial charge < -0.3 is 16.4 Å². The lowest BCUT2D eigenvalue weighted by Gasteiger charge is -2.13. The van der Waals surface area contributed by atoms with E-state index in [1.807, 2.05) is 54.6 Å². The summed E-state index contributed by atoms with van der Waals surface area (Å²) in [6.45, 7) is 8.81. The number of carbonyl (C=O) groups is 1. The average molecular weight is 413 g/mol. The van der Waals surface area contributed by atoms with E-state index in [4.69, 9.17) is 5.73 Å². The van der Waals surface area contributed by atoms with Crippen LogP contribution in [0.1, 0.15) is 35.7 Å². The fraction of sp³-hybridized carbons (Fsp3) is 0.154. The predicted molar refractivity (Wildman–Crippen MR) is 129 cm³/mol. The van der Waals surface area contributed by atoms with Crippen LogP contribution in [-0.2, 0) is 0 Å². The Morgan fingerprint density at radius 2 is 1.84 bits per heavy atom. The largest absolute Gasteiger partial charge is 0.405 e. The summed E-state index contributed by atoms with van der Waals surface area (Å²) in [5, 5.41) is 8.11. The average Bonchev–Trinajstić information content (AvgIpc) is 2.77. The molecule has 0 bridgehead atoms. The second-order valence-corrected chi connectivity index (χ2v) is 7.53. The topological polar surface area (TPSA) is 80.0 Å². The molecule has 1 heterocycles. The molecule has 0 saturated heterocycles. The van der Waals surface area contributed by atoms with Crippen molar-refractivity contribution >= 4 is 29.6 Å². The first-order chi connectivity index (χ1) is 15.0. The SMILES string of the molecule is C=c1cccc/c1=C(/C=C\N)CNc1ncccc1C(=O)Nc1ccc(C(C)C)cc1. The van der Waals surface area contributed by atoms with Crippen LogP contribution in [0.15, 0.2) is 79.1 Å². The summed E-state index contributed by atoms with van der Waals surface area (Å²) in [6.07, 6.45) is 4.98. The highest BCUT2D eigenvalue weighted by atomic mass is 16.1. The van der Waals surface area contributed by atoms with Gasteiger partial charge in [-0.3, -0.25) is 4.79 Å². The lowest BCUT2D eigenvalue weighted by Crippen LogP contribution is -2.27. The van der Waals surface area contributed by atoms with Gasteiger partial charge in [0, 0.05) is 18.4 Å². The maximum absolute atomic E-state index is 12.9. The van der Waals surface area contributed by atoms with Crippen molar-refractivity contribution in [2.45, 2.75) is 19.8 Å². The molecule has 5 nitrogen and oxygen atoms in total. The van der Waals surface area contributed by atoms with Crippen LogP contribution in [0.5, 0.6) is 0 Å². The lowest BCUT2D eigenvalue weighted by molar-refractivity contribution is 0.102. The van der Waals surface area contributed by atoms with Gasteiger partial charge in [-0.2, -0.15) is 0 Å². The highest BCUT2D eigenvalue weighted by Gasteiger charge is 2.13. The Morgan fingerprint density at radius 1 is 1.10 bits per heavy atom. The number of hydrogen-bond acceptors (Lipinski definition) is 4. The third-order valence-electron chi connectivity index (χ3n) is 4.99. The van der Waals surface area contributed by atoms with Crippen LogP contribution in [0, 0.1) is 0 Å². The molecule has 0 radical (unpaired) electrons. The summed E-state index contributed by atoms with van der Waals surface area (Å²) in [4.78, 5) is 17.3. The molecule has 0 fully saturated rings. The van der Waals surface area contributed by atoms with Crippen LogP contribution in [0.25, 0.3) is 12.2 Å². The lowest BCUT2D eigenvalue weighted by atomic mass is 10.0. The molecule has 31 heavy (non-hydrogen) atoms. The highest BCUT2D eigenvalue weighted by Crippen LogP contribution is 2.19. The molecule has 3 rings (SSSR count). The molecule has 3 aromatic rings. The predicted octanol–water partition coefficient (Wildman–Crippen LogP) is 3.60. The molecule has 0 aliphatic carbocycles. The van der Waals surface area contributed by atoms with Crippen molar-refractivity contribution in [3.8, 4) is 0 Å². The summed E-state index contributed by atoms with van der Waals surface area (Å²) < 4.78 is 0. The summed E-state index contributed by atoms with van der Waals surface area (Å²) in [6, 6.07) is 19.2. The van der Waals surface area contributed by atoms with E-state index in [2.05, 4.69) is 36.0 Å². The van der Waals surface area contributed by atoms with E-state index in [1.165, 1.54) is 11.8 Å². The minimum absolute atomic E-state index is 0.221. The number of nitrogens with one attached hydrogen (secondary N) is 2. The van der Waals surface area contributed by atoms with E-state index in [0.717, 1.165) is 21.7 Å². The number of pyridine rings is 1. The molecule has 0 spiro atoms. The van der Waals surface area contributed by atoms with Gasteiger partial charge >= 0.3 is 0 Å². The van der Waals surface area contributed by atoms with Crippen molar-refractivity contribution in [1.29, 1.82) is 0 Å². The number of rotatable bonds is 7. The Labute approximate surface area is 183 Å². The third-order valence-corrected chi connectivity index (χ3v) is 4.99. The number of anilines is 2. The molecule has 158 valence electrons. The van der Waals surface area contributed by atoms with E-state index in [1.54, 1.807) is 18.3 Å². The fourth-order valence-electron chi connectivity index (χ4n) is 3.25. The molecule has 1 amide bonds. The van der Waals surface area contributed by atoms with Crippen molar-refractivity contribution in [1.82, 2.24) is 4.98 Å². The Hall–Kier alpha value is -3.86. The Balaban J connectivity index is 1.81. The Morgan fingerprint density at radius 3 is 2.52 bits per heavy atom. The Bertz CT molecular complexity index is 1180. The van der Waals surface area contributed by atoms with E-state index in [0.29, 0.717) is 23.8 Å². The number of nitrogens with two attached hydrogens (primary N) is 1. The standard InChI is InChI=1S/C26H28N4O/c1-18(2)20-10-12-22(13-11-20)30-26(31)24-9-6-16-28-25(24)29-17-21(14-15-27)23-8-5-4-7-19(23)3/h4-16,18H,3,17,27H2,1-2H3,(H,28,29)(H,30,31)/b15-14-,23-21+. The highest BCUT2D eigenvalue weighted by molar-refractivity contribution is 6.07. The molecule has 2 aromatic carbocycles. The molecule has 4 N–H and O–H groups in total. The maximum atomic E-state index is 12.9. The molecule has 0 saturated carbocycles. The van der Waals surface area contributed by atoms with E-state index in [-0.39, 0.29) is 5.91 Å². The van der Waals surface area contributed by atoms with Gasteiger partial charge in [0.25, 0.3) is 5.91 Å². The Kier molecular flexibility index (Phi) is 7.22. The molecule has 1 aromatic heterocycles. The van der Waals surface area contributed by atoms with Gasteiger partial charge in [0.15, 0.2) is 0 Å². The van der Waals surface area contributed by atoms with E-state index >= 15 is 0 Å². The van der Waals surface area contributed by atoms with Crippen LogP contribution in [0.2, 0.25) is 0 Å². The number of carbonyl (C=O) groups excluding carboxylic acids is 1. The number of benzene rings is 2. The summed E-state index contributed by atoms with van der Waals surface area (Å²) in [5.74, 6) is 0.722. The van der Waals surface area contributed by atoms with Crippen molar-refractivity contribution < 1.29 is 4.79 Å². The molecular weight excluding hydrogens is 384 g/mol. The van der Waals surface area contributed by atoms with Crippen molar-refractivity contribution in [2.75, 3.05) is 17.2 Å². The quantitative estimate of drug-likeness (QED) is 0.554. The first-order valence-electron chi connectivity index (χ1n) is 10.2. The number of aromatic nitrogens is 1. The molecule has 0 atom stereocenters. The second kappa shape index (κ2) is 10.3. The van der Waals surface area contributed by atoms with Crippen LogP contribution < -0.4 is 26.8 Å². The third kappa shape index (κ3) is 5.60. The van der Waals surface area contributed by atoms with Crippen molar-refractivity contribution in [3.05, 3.63) is 101 Å². The van der Waals surface area contributed by atoms with Crippen LogP contribution >= 0.6 is 0 Å². The zero-order valence-corrected chi connectivity index (χ0v) is 17.9. The van der Waals surface area contributed by atoms with E-state index in [9.17, 15) is 4.79 Å². The summed E-state index contributed by atoms with van der Waals surface area (Å²) in [7, 11) is 0. The number of amides is 1. The van der Waals surface area contributed by atoms with Gasteiger partial charge in [-0.25, -0.2) is 4.98 Å². The minimum atomic E-state index is -0.221. The number of hydrogen-bond donors (Lipinski definition) is 3. The molecular formula is C26H28N4O. The number of nitrogens with zero attached hydrogens (tertiary/aromatic N) is 1. The monoisotopic (exact) mass is 412 g/mol. The zero-order valence-electron chi connectivity index (χ0n) is 17.9. The van der Waals surface area contributed by atoms with Gasteiger partial charge in [-0.15, -0.1) is 0 Å². The van der Waals surface area contributed by atoms with Crippen molar-refractivity contribution in [2.24, 2.45) is 5.73 Å². The maximum Gasteiger partial charge on any atom is 0.259 e. The van der Waals surface area contributed by atoms with Crippen LogP contribution in [0.3, 0.4) is 0 Å². The van der Waals surface area contributed by atoms with Gasteiger partial charge in [0.2, 0.25) is 0 Å². The first kappa shape index (κ1) is 21.8. The van der Waals surface area contributed by atoms with Crippen LogP contribution in [0.4, 0.5) is 11.5 Å². The molecule has 0 aliphatic heterocycles. The van der Waals surface area contributed by atoms with Gasteiger partial charge in [-0.1, -0.05) is 56.8 Å². The normalized spacial score (nSPS) is 12.1. The molecule has 0 unspecified atom stereocenters. The molecule has 5 heteroatoms. The second-order valence-electron chi connectivity index (χ2n) is 7.53. The smallest absolute Gasteiger partial charge is 0.259 e. The van der Waals surface area contributed by atoms with Gasteiger partial charge in [-0.05, 0) is 64.0 Å².